The van der Waals surface area contributed by atoms with Crippen LogP contribution in [0, 0.1) is 5.92 Å². The Bertz CT molecular complexity index is 1060. The minimum Gasteiger partial charge on any atom is -0.467 e. The molecular formula is C26H32N4O4. The van der Waals surface area contributed by atoms with Gasteiger partial charge in [0.1, 0.15) is 5.60 Å². The molecule has 1 saturated carbocycles. The number of fused-ring (bicyclic) bond motifs is 2. The van der Waals surface area contributed by atoms with Gasteiger partial charge in [-0.25, -0.2) is 14.8 Å². The van der Waals surface area contributed by atoms with Crippen molar-refractivity contribution >= 4 is 11.9 Å². The van der Waals surface area contributed by atoms with Gasteiger partial charge in [-0.15, -0.1) is 0 Å². The topological polar surface area (TPSA) is 84.9 Å². The lowest BCUT2D eigenvalue weighted by Gasteiger charge is -2.37. The molecule has 1 aromatic heterocycles. The van der Waals surface area contributed by atoms with E-state index in [1.54, 1.807) is 12.4 Å². The third kappa shape index (κ3) is 4.27. The van der Waals surface area contributed by atoms with E-state index in [1.165, 1.54) is 20.0 Å². The molecule has 8 nitrogen and oxygen atoms in total. The summed E-state index contributed by atoms with van der Waals surface area (Å²) < 4.78 is 11.0. The zero-order valence-electron chi connectivity index (χ0n) is 20.0. The fourth-order valence-corrected chi connectivity index (χ4v) is 5.57. The SMILES string of the molecule is COc1ncc(-c2ccc3c(c2)C(=O)OC32CCC(C(=O)N(C)CCN3CCCC3)CC2)cn1. The lowest BCUT2D eigenvalue weighted by molar-refractivity contribution is -0.137. The molecule has 1 aromatic carbocycles. The van der Waals surface area contributed by atoms with Crippen LogP contribution >= 0.6 is 0 Å². The lowest BCUT2D eigenvalue weighted by Crippen LogP contribution is -2.41. The maximum atomic E-state index is 13.0. The minimum absolute atomic E-state index is 0.00678. The average molecular weight is 465 g/mol. The molecule has 5 rings (SSSR count). The molecule has 0 bridgehead atoms. The summed E-state index contributed by atoms with van der Waals surface area (Å²) in [5.41, 5.74) is 2.58. The number of carbonyl (C=O) groups is 2. The van der Waals surface area contributed by atoms with Crippen LogP contribution in [0.2, 0.25) is 0 Å². The van der Waals surface area contributed by atoms with Crippen molar-refractivity contribution in [2.24, 2.45) is 5.92 Å². The van der Waals surface area contributed by atoms with Crippen molar-refractivity contribution in [2.75, 3.05) is 40.3 Å². The summed E-state index contributed by atoms with van der Waals surface area (Å²) in [5, 5.41) is 0. The molecule has 1 amide bonds. The molecule has 0 atom stereocenters. The zero-order chi connectivity index (χ0) is 23.7. The number of aromatic nitrogens is 2. The van der Waals surface area contributed by atoms with E-state index in [-0.39, 0.29) is 17.8 Å². The highest BCUT2D eigenvalue weighted by Crippen LogP contribution is 2.49. The molecule has 1 spiro atoms. The van der Waals surface area contributed by atoms with Crippen molar-refractivity contribution < 1.29 is 19.1 Å². The maximum Gasteiger partial charge on any atom is 0.339 e. The van der Waals surface area contributed by atoms with Crippen LogP contribution in [0.4, 0.5) is 0 Å². The first kappa shape index (κ1) is 22.8. The van der Waals surface area contributed by atoms with Crippen LogP contribution in [-0.2, 0) is 15.1 Å². The highest BCUT2D eigenvalue weighted by Gasteiger charge is 2.48. The molecule has 3 heterocycles. The van der Waals surface area contributed by atoms with Crippen LogP contribution in [0.15, 0.2) is 30.6 Å². The molecule has 0 N–H and O–H groups in total. The molecule has 0 radical (unpaired) electrons. The molecule has 3 aliphatic rings. The fourth-order valence-electron chi connectivity index (χ4n) is 5.57. The molecule has 1 aliphatic carbocycles. The Kier molecular flexibility index (Phi) is 6.25. The van der Waals surface area contributed by atoms with Gasteiger partial charge >= 0.3 is 12.0 Å². The first-order valence-electron chi connectivity index (χ1n) is 12.2. The van der Waals surface area contributed by atoms with E-state index in [2.05, 4.69) is 14.9 Å². The van der Waals surface area contributed by atoms with Crippen molar-refractivity contribution in [3.63, 3.8) is 0 Å². The second-order valence-electron chi connectivity index (χ2n) is 9.69. The number of methoxy groups -OCH3 is 1. The average Bonchev–Trinajstić information content (AvgIpc) is 3.49. The quantitative estimate of drug-likeness (QED) is 0.607. The Morgan fingerprint density at radius 2 is 1.88 bits per heavy atom. The number of hydrogen-bond acceptors (Lipinski definition) is 7. The van der Waals surface area contributed by atoms with Gasteiger partial charge in [0.05, 0.1) is 12.7 Å². The molecule has 2 aliphatic heterocycles. The highest BCUT2D eigenvalue weighted by atomic mass is 16.6. The smallest absolute Gasteiger partial charge is 0.339 e. The normalized spacial score (nSPS) is 24.2. The predicted octanol–water partition coefficient (Wildman–Crippen LogP) is 3.26. The monoisotopic (exact) mass is 464 g/mol. The third-order valence-corrected chi connectivity index (χ3v) is 7.63. The van der Waals surface area contributed by atoms with Gasteiger partial charge in [0.2, 0.25) is 5.91 Å². The highest BCUT2D eigenvalue weighted by molar-refractivity contribution is 5.96. The number of esters is 1. The molecule has 1 saturated heterocycles. The van der Waals surface area contributed by atoms with Gasteiger partial charge in [-0.1, -0.05) is 12.1 Å². The largest absolute Gasteiger partial charge is 0.467 e. The second kappa shape index (κ2) is 9.33. The Labute approximate surface area is 200 Å². The number of rotatable bonds is 6. The molecule has 2 fully saturated rings. The summed E-state index contributed by atoms with van der Waals surface area (Å²) in [6.07, 6.45) is 8.69. The number of benzene rings is 1. The number of ether oxygens (including phenoxy) is 2. The number of likely N-dealkylation sites (N-methyl/N-ethyl adjacent to an activating group) is 1. The van der Waals surface area contributed by atoms with Crippen molar-refractivity contribution in [2.45, 2.75) is 44.1 Å². The maximum absolute atomic E-state index is 13.0. The zero-order valence-corrected chi connectivity index (χ0v) is 20.0. The summed E-state index contributed by atoms with van der Waals surface area (Å²) in [5.74, 6) is -0.0834. The summed E-state index contributed by atoms with van der Waals surface area (Å²) in [6.45, 7) is 4.01. The standard InChI is InChI=1S/C26H32N4O4/c1-29(13-14-30-11-3-4-12-30)23(31)18-7-9-26(10-8-18)22-6-5-19(15-21(22)24(32)34-26)20-16-27-25(33-2)28-17-20/h5-6,15-18H,3-4,7-14H2,1-2H3. The van der Waals surface area contributed by atoms with E-state index in [0.29, 0.717) is 24.4 Å². The van der Waals surface area contributed by atoms with E-state index in [4.69, 9.17) is 9.47 Å². The van der Waals surface area contributed by atoms with Crippen LogP contribution in [-0.4, -0.2) is 72.0 Å². The molecule has 0 unspecified atom stereocenters. The van der Waals surface area contributed by atoms with Crippen molar-refractivity contribution in [3.05, 3.63) is 41.7 Å². The Morgan fingerprint density at radius 3 is 2.56 bits per heavy atom. The van der Waals surface area contributed by atoms with Crippen LogP contribution in [0.5, 0.6) is 6.01 Å². The van der Waals surface area contributed by atoms with Gasteiger partial charge in [-0.3, -0.25) is 4.79 Å². The van der Waals surface area contributed by atoms with E-state index in [9.17, 15) is 9.59 Å². The van der Waals surface area contributed by atoms with Gasteiger partial charge < -0.3 is 19.3 Å². The number of amides is 1. The van der Waals surface area contributed by atoms with E-state index < -0.39 is 5.60 Å². The van der Waals surface area contributed by atoms with Gasteiger partial charge in [0, 0.05) is 49.6 Å². The van der Waals surface area contributed by atoms with Crippen LogP contribution in [0.1, 0.15) is 54.4 Å². The molecule has 2 aromatic rings. The minimum atomic E-state index is -0.619. The first-order chi connectivity index (χ1) is 16.5. The fraction of sp³-hybridized carbons (Fsp3) is 0.538. The van der Waals surface area contributed by atoms with Gasteiger partial charge in [-0.2, -0.15) is 0 Å². The van der Waals surface area contributed by atoms with Crippen molar-refractivity contribution in [1.29, 1.82) is 0 Å². The number of hydrogen-bond donors (Lipinski definition) is 0. The second-order valence-corrected chi connectivity index (χ2v) is 9.69. The van der Waals surface area contributed by atoms with Gasteiger partial charge in [0.15, 0.2) is 0 Å². The molecule has 34 heavy (non-hydrogen) atoms. The Morgan fingerprint density at radius 1 is 1.18 bits per heavy atom. The summed E-state index contributed by atoms with van der Waals surface area (Å²) in [6, 6.07) is 6.14. The predicted molar refractivity (Wildman–Crippen MR) is 126 cm³/mol. The number of likely N-dealkylation sites (tertiary alicyclic amines) is 1. The van der Waals surface area contributed by atoms with Crippen molar-refractivity contribution in [1.82, 2.24) is 19.8 Å². The molecule has 8 heteroatoms. The Balaban J connectivity index is 1.25. The first-order valence-corrected chi connectivity index (χ1v) is 12.2. The lowest BCUT2D eigenvalue weighted by atomic mass is 9.74. The summed E-state index contributed by atoms with van der Waals surface area (Å²) in [7, 11) is 3.44. The molecular weight excluding hydrogens is 432 g/mol. The van der Waals surface area contributed by atoms with Crippen LogP contribution in [0.25, 0.3) is 11.1 Å². The van der Waals surface area contributed by atoms with E-state index in [1.807, 2.05) is 30.1 Å². The van der Waals surface area contributed by atoms with E-state index >= 15 is 0 Å². The van der Waals surface area contributed by atoms with Crippen LogP contribution in [0.3, 0.4) is 0 Å². The number of nitrogens with zero attached hydrogens (tertiary/aromatic N) is 4. The third-order valence-electron chi connectivity index (χ3n) is 7.63. The number of carbonyl (C=O) groups excluding carboxylic acids is 2. The van der Waals surface area contributed by atoms with E-state index in [0.717, 1.165) is 55.7 Å². The van der Waals surface area contributed by atoms with Crippen molar-refractivity contribution in [3.8, 4) is 17.1 Å². The van der Waals surface area contributed by atoms with Gasteiger partial charge in [-0.05, 0) is 63.2 Å². The summed E-state index contributed by atoms with van der Waals surface area (Å²) in [4.78, 5) is 38.5. The summed E-state index contributed by atoms with van der Waals surface area (Å²) >= 11 is 0. The van der Waals surface area contributed by atoms with Gasteiger partial charge in [0.25, 0.3) is 0 Å². The van der Waals surface area contributed by atoms with Crippen LogP contribution < -0.4 is 4.74 Å². The molecule has 180 valence electrons. The Hall–Kier alpha value is -3.00.